The molecule has 9 heteroatoms. The first-order chi connectivity index (χ1) is 14.8. The van der Waals surface area contributed by atoms with Crippen molar-refractivity contribution in [1.29, 1.82) is 0 Å². The van der Waals surface area contributed by atoms with Gasteiger partial charge >= 0.3 is 5.97 Å². The lowest BCUT2D eigenvalue weighted by Crippen LogP contribution is -2.30. The standard InChI is InChI=1S/C22H24N2O6S/c1-4-24(5-2)31(27,28)17-12-10-16(11-13-17)23-20(25)14-29-22(26)21-15(3)18-8-6-7-9-19(18)30-21/h6-13H,4-5,14H2,1-3H3,(H,23,25). The number of nitrogens with one attached hydrogen (secondary N) is 1. The molecule has 164 valence electrons. The molecular weight excluding hydrogens is 420 g/mol. The maximum absolute atomic E-state index is 12.5. The molecule has 31 heavy (non-hydrogen) atoms. The molecule has 0 saturated heterocycles. The quantitative estimate of drug-likeness (QED) is 0.533. The highest BCUT2D eigenvalue weighted by molar-refractivity contribution is 7.89. The number of carbonyl (C=O) groups is 2. The molecular formula is C22H24N2O6S. The van der Waals surface area contributed by atoms with E-state index in [0.29, 0.717) is 29.9 Å². The van der Waals surface area contributed by atoms with Crippen LogP contribution in [0.5, 0.6) is 0 Å². The van der Waals surface area contributed by atoms with Crippen LogP contribution in [0.15, 0.2) is 57.8 Å². The Morgan fingerprint density at radius 1 is 1.03 bits per heavy atom. The molecule has 0 aliphatic carbocycles. The van der Waals surface area contributed by atoms with E-state index >= 15 is 0 Å². The maximum atomic E-state index is 12.5. The Morgan fingerprint density at radius 2 is 1.68 bits per heavy atom. The molecule has 0 unspecified atom stereocenters. The van der Waals surface area contributed by atoms with Crippen molar-refractivity contribution in [1.82, 2.24) is 4.31 Å². The third kappa shape index (κ3) is 4.78. The van der Waals surface area contributed by atoms with Crippen molar-refractivity contribution in [2.45, 2.75) is 25.7 Å². The zero-order chi connectivity index (χ0) is 22.6. The SMILES string of the molecule is CCN(CC)S(=O)(=O)c1ccc(NC(=O)COC(=O)c2oc3ccccc3c2C)cc1. The molecule has 1 aromatic heterocycles. The molecule has 3 aromatic rings. The minimum Gasteiger partial charge on any atom is -0.450 e. The van der Waals surface area contributed by atoms with Crippen molar-refractivity contribution >= 4 is 38.6 Å². The number of furan rings is 1. The second-order valence-electron chi connectivity index (χ2n) is 6.79. The molecule has 0 atom stereocenters. The third-order valence-corrected chi connectivity index (χ3v) is 6.91. The van der Waals surface area contributed by atoms with E-state index in [2.05, 4.69) is 5.32 Å². The van der Waals surface area contributed by atoms with Gasteiger partial charge < -0.3 is 14.5 Å². The molecule has 0 radical (unpaired) electrons. The second-order valence-corrected chi connectivity index (χ2v) is 8.73. The fourth-order valence-corrected chi connectivity index (χ4v) is 4.64. The molecule has 0 aliphatic heterocycles. The number of ether oxygens (including phenoxy) is 1. The predicted molar refractivity (Wildman–Crippen MR) is 116 cm³/mol. The van der Waals surface area contributed by atoms with Crippen LogP contribution in [-0.4, -0.2) is 44.3 Å². The van der Waals surface area contributed by atoms with Crippen LogP contribution in [0, 0.1) is 6.92 Å². The lowest BCUT2D eigenvalue weighted by Gasteiger charge is -2.18. The first-order valence-electron chi connectivity index (χ1n) is 9.83. The number of aryl methyl sites for hydroxylation is 1. The van der Waals surface area contributed by atoms with E-state index in [1.807, 2.05) is 12.1 Å². The van der Waals surface area contributed by atoms with Crippen molar-refractivity contribution in [3.05, 3.63) is 59.9 Å². The van der Waals surface area contributed by atoms with Crippen molar-refractivity contribution in [2.75, 3.05) is 25.0 Å². The molecule has 0 saturated carbocycles. The number of para-hydroxylation sites is 1. The van der Waals surface area contributed by atoms with Gasteiger partial charge in [0, 0.05) is 29.7 Å². The summed E-state index contributed by atoms with van der Waals surface area (Å²) in [7, 11) is -3.57. The Kier molecular flexibility index (Phi) is 6.77. The van der Waals surface area contributed by atoms with Crippen LogP contribution in [0.3, 0.4) is 0 Å². The highest BCUT2D eigenvalue weighted by Gasteiger charge is 2.22. The number of hydrogen-bond acceptors (Lipinski definition) is 6. The Labute approximate surface area is 180 Å². The normalized spacial score (nSPS) is 11.6. The van der Waals surface area contributed by atoms with Crippen molar-refractivity contribution in [2.24, 2.45) is 0 Å². The van der Waals surface area contributed by atoms with Crippen LogP contribution in [-0.2, 0) is 19.6 Å². The van der Waals surface area contributed by atoms with Gasteiger partial charge in [-0.15, -0.1) is 0 Å². The number of sulfonamides is 1. The van der Waals surface area contributed by atoms with E-state index in [0.717, 1.165) is 5.39 Å². The number of esters is 1. The molecule has 0 spiro atoms. The van der Waals surface area contributed by atoms with Gasteiger partial charge in [0.2, 0.25) is 15.8 Å². The van der Waals surface area contributed by atoms with Crippen LogP contribution in [0.25, 0.3) is 11.0 Å². The topological polar surface area (TPSA) is 106 Å². The molecule has 3 rings (SSSR count). The highest BCUT2D eigenvalue weighted by atomic mass is 32.2. The fraction of sp³-hybridized carbons (Fsp3) is 0.273. The molecule has 0 fully saturated rings. The predicted octanol–water partition coefficient (Wildman–Crippen LogP) is 3.57. The van der Waals surface area contributed by atoms with Crippen LogP contribution >= 0.6 is 0 Å². The fourth-order valence-electron chi connectivity index (χ4n) is 3.19. The lowest BCUT2D eigenvalue weighted by atomic mass is 10.1. The molecule has 0 aliphatic rings. The molecule has 1 amide bonds. The summed E-state index contributed by atoms with van der Waals surface area (Å²) in [6.45, 7) is 5.51. The number of benzene rings is 2. The Balaban J connectivity index is 1.60. The zero-order valence-corrected chi connectivity index (χ0v) is 18.4. The van der Waals surface area contributed by atoms with Crippen LogP contribution in [0.1, 0.15) is 30.0 Å². The van der Waals surface area contributed by atoms with Gasteiger partial charge in [0.15, 0.2) is 6.61 Å². The number of nitrogens with zero attached hydrogens (tertiary/aromatic N) is 1. The van der Waals surface area contributed by atoms with Crippen LogP contribution < -0.4 is 5.32 Å². The van der Waals surface area contributed by atoms with Gasteiger partial charge in [-0.25, -0.2) is 13.2 Å². The summed E-state index contributed by atoms with van der Waals surface area (Å²) in [5.74, 6) is -1.23. The number of fused-ring (bicyclic) bond motifs is 1. The average Bonchev–Trinajstić information content (AvgIpc) is 3.10. The number of amides is 1. The zero-order valence-electron chi connectivity index (χ0n) is 17.5. The van der Waals surface area contributed by atoms with E-state index in [1.165, 1.54) is 28.6 Å². The summed E-state index contributed by atoms with van der Waals surface area (Å²) in [6.07, 6.45) is 0. The Bertz CT molecular complexity index is 1190. The smallest absolute Gasteiger partial charge is 0.375 e. The first kappa shape index (κ1) is 22.5. The van der Waals surface area contributed by atoms with Crippen molar-refractivity contribution in [3.63, 3.8) is 0 Å². The van der Waals surface area contributed by atoms with Gasteiger partial charge in [-0.05, 0) is 37.3 Å². The minimum absolute atomic E-state index is 0.0555. The third-order valence-electron chi connectivity index (χ3n) is 4.84. The summed E-state index contributed by atoms with van der Waals surface area (Å²) >= 11 is 0. The molecule has 1 heterocycles. The summed E-state index contributed by atoms with van der Waals surface area (Å²) in [4.78, 5) is 24.6. The van der Waals surface area contributed by atoms with Gasteiger partial charge in [-0.1, -0.05) is 32.0 Å². The van der Waals surface area contributed by atoms with E-state index < -0.39 is 28.5 Å². The summed E-state index contributed by atoms with van der Waals surface area (Å²) in [5, 5.41) is 3.37. The molecule has 1 N–H and O–H groups in total. The molecule has 8 nitrogen and oxygen atoms in total. The summed E-state index contributed by atoms with van der Waals surface area (Å²) in [6, 6.07) is 13.0. The number of anilines is 1. The first-order valence-corrected chi connectivity index (χ1v) is 11.3. The van der Waals surface area contributed by atoms with E-state index in [1.54, 1.807) is 32.9 Å². The lowest BCUT2D eigenvalue weighted by molar-refractivity contribution is -0.119. The van der Waals surface area contributed by atoms with Crippen LogP contribution in [0.4, 0.5) is 5.69 Å². The van der Waals surface area contributed by atoms with Crippen molar-refractivity contribution in [3.8, 4) is 0 Å². The van der Waals surface area contributed by atoms with E-state index in [9.17, 15) is 18.0 Å². The van der Waals surface area contributed by atoms with E-state index in [-0.39, 0.29) is 10.7 Å². The number of carbonyl (C=O) groups excluding carboxylic acids is 2. The summed E-state index contributed by atoms with van der Waals surface area (Å²) < 4.78 is 36.9. The van der Waals surface area contributed by atoms with Gasteiger partial charge in [0.05, 0.1) is 4.90 Å². The second kappa shape index (κ2) is 9.32. The highest BCUT2D eigenvalue weighted by Crippen LogP contribution is 2.25. The van der Waals surface area contributed by atoms with Crippen molar-refractivity contribution < 1.29 is 27.2 Å². The van der Waals surface area contributed by atoms with Gasteiger partial charge in [0.25, 0.3) is 5.91 Å². The Morgan fingerprint density at radius 3 is 2.29 bits per heavy atom. The molecule has 0 bridgehead atoms. The summed E-state index contributed by atoms with van der Waals surface area (Å²) in [5.41, 5.74) is 1.60. The maximum Gasteiger partial charge on any atom is 0.375 e. The van der Waals surface area contributed by atoms with Gasteiger partial charge in [-0.2, -0.15) is 4.31 Å². The number of hydrogen-bond donors (Lipinski definition) is 1. The van der Waals surface area contributed by atoms with Gasteiger partial charge in [0.1, 0.15) is 5.58 Å². The average molecular weight is 445 g/mol. The largest absolute Gasteiger partial charge is 0.450 e. The van der Waals surface area contributed by atoms with Crippen LogP contribution in [0.2, 0.25) is 0 Å². The monoisotopic (exact) mass is 444 g/mol. The van der Waals surface area contributed by atoms with E-state index in [4.69, 9.17) is 9.15 Å². The number of rotatable bonds is 8. The molecule has 2 aromatic carbocycles. The van der Waals surface area contributed by atoms with Gasteiger partial charge in [-0.3, -0.25) is 4.79 Å². The Hall–Kier alpha value is -3.17. The minimum atomic E-state index is -3.57.